The molecule has 106 valence electrons. The standard InChI is InChI=1S/C14H11ClN4O2/c1-9(11-4-2-3-5-12(11)15)18-14-13(19(20)21)10(8-16)6-7-17-14/h2-7,9H,1H3,(H,17,18). The molecule has 2 rings (SSSR count). The molecule has 0 amide bonds. The maximum Gasteiger partial charge on any atom is 0.328 e. The van der Waals surface area contributed by atoms with Gasteiger partial charge in [0.2, 0.25) is 5.82 Å². The predicted molar refractivity (Wildman–Crippen MR) is 79.1 cm³/mol. The Morgan fingerprint density at radius 1 is 1.43 bits per heavy atom. The van der Waals surface area contributed by atoms with E-state index in [2.05, 4.69) is 10.3 Å². The average molecular weight is 303 g/mol. The van der Waals surface area contributed by atoms with Crippen LogP contribution in [0.3, 0.4) is 0 Å². The molecule has 0 saturated heterocycles. The Balaban J connectivity index is 2.39. The van der Waals surface area contributed by atoms with E-state index in [0.717, 1.165) is 5.56 Å². The maximum atomic E-state index is 11.1. The fourth-order valence-corrected chi connectivity index (χ4v) is 2.24. The summed E-state index contributed by atoms with van der Waals surface area (Å²) in [6, 6.07) is 10.00. The molecule has 0 saturated carbocycles. The summed E-state index contributed by atoms with van der Waals surface area (Å²) in [5.41, 5.74) is 0.417. The van der Waals surface area contributed by atoms with Gasteiger partial charge in [-0.2, -0.15) is 5.26 Å². The molecule has 0 aliphatic rings. The first-order chi connectivity index (χ1) is 10.0. The summed E-state index contributed by atoms with van der Waals surface area (Å²) in [6.45, 7) is 1.81. The Bertz CT molecular complexity index is 727. The van der Waals surface area contributed by atoms with E-state index in [1.54, 1.807) is 18.2 Å². The zero-order valence-corrected chi connectivity index (χ0v) is 11.8. The lowest BCUT2D eigenvalue weighted by Crippen LogP contribution is -2.11. The van der Waals surface area contributed by atoms with Crippen molar-refractivity contribution < 1.29 is 4.92 Å². The molecule has 0 bridgehead atoms. The molecular weight excluding hydrogens is 292 g/mol. The van der Waals surface area contributed by atoms with Crippen LogP contribution in [-0.4, -0.2) is 9.91 Å². The fraction of sp³-hybridized carbons (Fsp3) is 0.143. The predicted octanol–water partition coefficient (Wildman–Crippen LogP) is 3.69. The van der Waals surface area contributed by atoms with E-state index in [0.29, 0.717) is 5.02 Å². The summed E-state index contributed by atoms with van der Waals surface area (Å²) in [7, 11) is 0. The van der Waals surface area contributed by atoms with Crippen LogP contribution in [0.4, 0.5) is 11.5 Å². The lowest BCUT2D eigenvalue weighted by molar-refractivity contribution is -0.384. The van der Waals surface area contributed by atoms with Crippen LogP contribution in [0.2, 0.25) is 5.02 Å². The van der Waals surface area contributed by atoms with Crippen molar-refractivity contribution in [3.05, 3.63) is 62.8 Å². The third-order valence-corrected chi connectivity index (χ3v) is 3.30. The minimum atomic E-state index is -0.618. The summed E-state index contributed by atoms with van der Waals surface area (Å²) in [4.78, 5) is 14.5. The van der Waals surface area contributed by atoms with Gasteiger partial charge >= 0.3 is 5.69 Å². The van der Waals surface area contributed by atoms with Gasteiger partial charge in [0.15, 0.2) is 0 Å². The number of pyridine rings is 1. The minimum absolute atomic E-state index is 0.0381. The van der Waals surface area contributed by atoms with Crippen molar-refractivity contribution in [1.29, 1.82) is 5.26 Å². The van der Waals surface area contributed by atoms with E-state index >= 15 is 0 Å². The second kappa shape index (κ2) is 6.20. The normalized spacial score (nSPS) is 11.5. The number of halogens is 1. The second-order valence-corrected chi connectivity index (χ2v) is 4.72. The molecular formula is C14H11ClN4O2. The Morgan fingerprint density at radius 2 is 2.14 bits per heavy atom. The van der Waals surface area contributed by atoms with Gasteiger partial charge in [-0.25, -0.2) is 4.98 Å². The number of hydrogen-bond acceptors (Lipinski definition) is 5. The number of hydrogen-bond donors (Lipinski definition) is 1. The van der Waals surface area contributed by atoms with Crippen molar-refractivity contribution in [2.45, 2.75) is 13.0 Å². The van der Waals surface area contributed by atoms with Crippen LogP contribution in [0, 0.1) is 21.4 Å². The molecule has 1 N–H and O–H groups in total. The SMILES string of the molecule is CC(Nc1nccc(C#N)c1[N+](=O)[O-])c1ccccc1Cl. The van der Waals surface area contributed by atoms with Gasteiger partial charge in [-0.1, -0.05) is 29.8 Å². The number of anilines is 1. The molecule has 1 unspecified atom stereocenters. The lowest BCUT2D eigenvalue weighted by Gasteiger charge is -2.16. The molecule has 0 spiro atoms. The molecule has 2 aromatic rings. The van der Waals surface area contributed by atoms with Crippen LogP contribution < -0.4 is 5.32 Å². The number of nitriles is 1. The van der Waals surface area contributed by atoms with Gasteiger partial charge in [0, 0.05) is 11.2 Å². The monoisotopic (exact) mass is 302 g/mol. The van der Waals surface area contributed by atoms with Crippen LogP contribution in [0.5, 0.6) is 0 Å². The molecule has 0 radical (unpaired) electrons. The summed E-state index contributed by atoms with van der Waals surface area (Å²) in [5.74, 6) is 0.0477. The van der Waals surface area contributed by atoms with Gasteiger partial charge in [0.1, 0.15) is 11.6 Å². The summed E-state index contributed by atoms with van der Waals surface area (Å²) in [6.07, 6.45) is 1.35. The zero-order chi connectivity index (χ0) is 15.4. The quantitative estimate of drug-likeness (QED) is 0.687. The zero-order valence-electron chi connectivity index (χ0n) is 11.1. The molecule has 0 aliphatic carbocycles. The Morgan fingerprint density at radius 3 is 2.76 bits per heavy atom. The number of benzene rings is 1. The first-order valence-electron chi connectivity index (χ1n) is 6.09. The topological polar surface area (TPSA) is 91.8 Å². The van der Waals surface area contributed by atoms with Gasteiger partial charge in [-0.15, -0.1) is 0 Å². The van der Waals surface area contributed by atoms with E-state index in [-0.39, 0.29) is 23.1 Å². The van der Waals surface area contributed by atoms with E-state index in [9.17, 15) is 10.1 Å². The average Bonchev–Trinajstić information content (AvgIpc) is 2.46. The summed E-state index contributed by atoms with van der Waals surface area (Å²) in [5, 5.41) is 23.6. The highest BCUT2D eigenvalue weighted by Gasteiger charge is 2.23. The smallest absolute Gasteiger partial charge is 0.328 e. The molecule has 7 heteroatoms. The molecule has 0 fully saturated rings. The number of nitro groups is 1. The number of aromatic nitrogens is 1. The van der Waals surface area contributed by atoms with E-state index in [1.807, 2.05) is 19.1 Å². The Kier molecular flexibility index (Phi) is 4.36. The molecule has 21 heavy (non-hydrogen) atoms. The summed E-state index contributed by atoms with van der Waals surface area (Å²) >= 11 is 6.10. The van der Waals surface area contributed by atoms with E-state index in [1.165, 1.54) is 12.3 Å². The van der Waals surface area contributed by atoms with Gasteiger partial charge in [0.25, 0.3) is 0 Å². The van der Waals surface area contributed by atoms with Gasteiger partial charge in [-0.3, -0.25) is 10.1 Å². The molecule has 1 aromatic carbocycles. The molecule has 1 heterocycles. The van der Waals surface area contributed by atoms with Crippen LogP contribution in [0.1, 0.15) is 24.1 Å². The van der Waals surface area contributed by atoms with Crippen LogP contribution in [0.15, 0.2) is 36.5 Å². The molecule has 0 aliphatic heterocycles. The van der Waals surface area contributed by atoms with Crippen molar-refractivity contribution in [1.82, 2.24) is 4.98 Å². The van der Waals surface area contributed by atoms with Gasteiger partial charge in [-0.05, 0) is 24.6 Å². The third-order valence-electron chi connectivity index (χ3n) is 2.95. The lowest BCUT2D eigenvalue weighted by atomic mass is 10.1. The van der Waals surface area contributed by atoms with Gasteiger partial charge < -0.3 is 5.32 Å². The largest absolute Gasteiger partial charge is 0.358 e. The van der Waals surface area contributed by atoms with E-state index < -0.39 is 4.92 Å². The van der Waals surface area contributed by atoms with Gasteiger partial charge in [0.05, 0.1) is 11.0 Å². The van der Waals surface area contributed by atoms with Crippen LogP contribution >= 0.6 is 11.6 Å². The van der Waals surface area contributed by atoms with Crippen molar-refractivity contribution in [3.8, 4) is 6.07 Å². The van der Waals surface area contributed by atoms with Crippen molar-refractivity contribution >= 4 is 23.1 Å². The Labute approximate surface area is 126 Å². The Hall–Kier alpha value is -2.65. The first-order valence-corrected chi connectivity index (χ1v) is 6.47. The minimum Gasteiger partial charge on any atom is -0.358 e. The van der Waals surface area contributed by atoms with Crippen LogP contribution in [0.25, 0.3) is 0 Å². The molecule has 6 nitrogen and oxygen atoms in total. The van der Waals surface area contributed by atoms with Crippen LogP contribution in [-0.2, 0) is 0 Å². The van der Waals surface area contributed by atoms with Crippen molar-refractivity contribution in [3.63, 3.8) is 0 Å². The molecule has 1 atom stereocenters. The number of nitrogens with one attached hydrogen (secondary N) is 1. The highest BCUT2D eigenvalue weighted by atomic mass is 35.5. The molecule has 1 aromatic heterocycles. The fourth-order valence-electron chi connectivity index (χ4n) is 1.94. The summed E-state index contributed by atoms with van der Waals surface area (Å²) < 4.78 is 0. The number of nitrogens with zero attached hydrogens (tertiary/aromatic N) is 3. The first kappa shape index (κ1) is 14.8. The third kappa shape index (κ3) is 3.09. The highest BCUT2D eigenvalue weighted by Crippen LogP contribution is 2.30. The maximum absolute atomic E-state index is 11.1. The van der Waals surface area contributed by atoms with Crippen molar-refractivity contribution in [2.75, 3.05) is 5.32 Å². The van der Waals surface area contributed by atoms with E-state index in [4.69, 9.17) is 16.9 Å². The van der Waals surface area contributed by atoms with Crippen molar-refractivity contribution in [2.24, 2.45) is 0 Å². The number of rotatable bonds is 4. The second-order valence-electron chi connectivity index (χ2n) is 4.31. The highest BCUT2D eigenvalue weighted by molar-refractivity contribution is 6.31.